The largest absolute Gasteiger partial charge is 0.325 e. The zero-order valence-electron chi connectivity index (χ0n) is 6.40. The molecule has 56 valence electrons. The molecule has 2 heteroatoms. The van der Waals surface area contributed by atoms with E-state index in [1.807, 2.05) is 0 Å². The molecule has 0 radical (unpaired) electrons. The van der Waals surface area contributed by atoms with Gasteiger partial charge in [0.1, 0.15) is 0 Å². The van der Waals surface area contributed by atoms with E-state index in [4.69, 9.17) is 5.73 Å². The molecule has 0 aromatic carbocycles. The molecule has 0 amide bonds. The molecular weight excluding hydrogens is 134 g/mol. The molecule has 0 aliphatic heterocycles. The van der Waals surface area contributed by atoms with E-state index in [-0.39, 0.29) is 17.9 Å². The van der Waals surface area contributed by atoms with Crippen molar-refractivity contribution in [2.45, 2.75) is 39.2 Å². The van der Waals surface area contributed by atoms with Crippen LogP contribution in [0.1, 0.15) is 33.6 Å². The third-order valence-corrected chi connectivity index (χ3v) is 2.56. The Morgan fingerprint density at radius 1 is 1.33 bits per heavy atom. The Morgan fingerprint density at radius 3 is 1.67 bits per heavy atom. The van der Waals surface area contributed by atoms with Gasteiger partial charge in [-0.05, 0) is 32.1 Å². The van der Waals surface area contributed by atoms with Crippen LogP contribution in [0.3, 0.4) is 0 Å². The second kappa shape index (κ2) is 2.14. The van der Waals surface area contributed by atoms with E-state index in [0.29, 0.717) is 5.41 Å². The Bertz CT molecular complexity index is 96.7. The molecule has 0 atom stereocenters. The first-order chi connectivity index (χ1) is 3.46. The lowest BCUT2D eigenvalue weighted by Gasteiger charge is -2.26. The van der Waals surface area contributed by atoms with Crippen molar-refractivity contribution in [2.24, 2.45) is 11.1 Å². The third-order valence-electron chi connectivity index (χ3n) is 2.56. The van der Waals surface area contributed by atoms with Crippen molar-refractivity contribution in [1.82, 2.24) is 0 Å². The van der Waals surface area contributed by atoms with Gasteiger partial charge in [0.05, 0.1) is 0 Å². The number of hydrogen-bond donors (Lipinski definition) is 1. The second-order valence-electron chi connectivity index (χ2n) is 3.78. The van der Waals surface area contributed by atoms with Crippen molar-refractivity contribution in [3.8, 4) is 0 Å². The first kappa shape index (κ1) is 9.25. The molecule has 1 aliphatic rings. The number of hydrogen-bond acceptors (Lipinski definition) is 1. The minimum atomic E-state index is 0. The predicted octanol–water partition coefficient (Wildman–Crippen LogP) is 1.95. The highest BCUT2D eigenvalue weighted by Crippen LogP contribution is 2.52. The van der Waals surface area contributed by atoms with Crippen molar-refractivity contribution >= 4 is 12.4 Å². The molecular formula is C7H16ClN. The van der Waals surface area contributed by atoms with Crippen LogP contribution in [0.2, 0.25) is 0 Å². The van der Waals surface area contributed by atoms with Crippen LogP contribution >= 0.6 is 12.4 Å². The van der Waals surface area contributed by atoms with Gasteiger partial charge in [-0.15, -0.1) is 12.4 Å². The van der Waals surface area contributed by atoms with Gasteiger partial charge in [-0.2, -0.15) is 0 Å². The summed E-state index contributed by atoms with van der Waals surface area (Å²) in [6.45, 7) is 6.48. The lowest BCUT2D eigenvalue weighted by atomic mass is 9.87. The summed E-state index contributed by atoms with van der Waals surface area (Å²) >= 11 is 0. The van der Waals surface area contributed by atoms with E-state index in [2.05, 4.69) is 20.8 Å². The highest BCUT2D eigenvalue weighted by Gasteiger charge is 2.47. The normalized spacial score (nSPS) is 22.7. The van der Waals surface area contributed by atoms with Crippen LogP contribution in [0, 0.1) is 5.41 Å². The van der Waals surface area contributed by atoms with Gasteiger partial charge >= 0.3 is 0 Å². The van der Waals surface area contributed by atoms with Crippen LogP contribution in [0.25, 0.3) is 0 Å². The number of rotatable bonds is 1. The average Bonchev–Trinajstić information content (AvgIpc) is 2.16. The summed E-state index contributed by atoms with van der Waals surface area (Å²) in [6.07, 6.45) is 2.63. The maximum absolute atomic E-state index is 5.88. The maximum Gasteiger partial charge on any atom is 0.0151 e. The zero-order chi connectivity index (χ0) is 6.41. The van der Waals surface area contributed by atoms with Crippen LogP contribution in [0.5, 0.6) is 0 Å². The van der Waals surface area contributed by atoms with Gasteiger partial charge in [-0.25, -0.2) is 0 Å². The van der Waals surface area contributed by atoms with E-state index in [0.717, 1.165) is 0 Å². The molecule has 1 rings (SSSR count). The minimum absolute atomic E-state index is 0. The minimum Gasteiger partial charge on any atom is -0.325 e. The fourth-order valence-corrected chi connectivity index (χ4v) is 0.832. The molecule has 0 bridgehead atoms. The molecule has 0 aromatic rings. The smallest absolute Gasteiger partial charge is 0.0151 e. The highest BCUT2D eigenvalue weighted by atomic mass is 35.5. The maximum atomic E-state index is 5.88. The molecule has 2 N–H and O–H groups in total. The Labute approximate surface area is 63.4 Å². The van der Waals surface area contributed by atoms with Crippen molar-refractivity contribution in [3.63, 3.8) is 0 Å². The summed E-state index contributed by atoms with van der Waals surface area (Å²) in [5, 5.41) is 0. The van der Waals surface area contributed by atoms with Crippen LogP contribution in [-0.2, 0) is 0 Å². The summed E-state index contributed by atoms with van der Waals surface area (Å²) in [5.74, 6) is 0. The predicted molar refractivity (Wildman–Crippen MR) is 42.9 cm³/mol. The van der Waals surface area contributed by atoms with Crippen molar-refractivity contribution < 1.29 is 0 Å². The Kier molecular flexibility index (Phi) is 2.19. The first-order valence-electron chi connectivity index (χ1n) is 3.25. The SMILES string of the molecule is CC(C)(N)C1(C)CC1.Cl. The van der Waals surface area contributed by atoms with Crippen LogP contribution in [0.4, 0.5) is 0 Å². The summed E-state index contributed by atoms with van der Waals surface area (Å²) in [7, 11) is 0. The molecule has 0 spiro atoms. The lowest BCUT2D eigenvalue weighted by molar-refractivity contribution is 0.323. The van der Waals surface area contributed by atoms with E-state index >= 15 is 0 Å². The number of halogens is 1. The standard InChI is InChI=1S/C7H15N.ClH/c1-6(2,8)7(3)4-5-7;/h4-5,8H2,1-3H3;1H. The van der Waals surface area contributed by atoms with Gasteiger partial charge in [0.2, 0.25) is 0 Å². The van der Waals surface area contributed by atoms with Crippen molar-refractivity contribution in [2.75, 3.05) is 0 Å². The quantitative estimate of drug-likeness (QED) is 0.606. The summed E-state index contributed by atoms with van der Waals surface area (Å²) in [6, 6.07) is 0. The molecule has 0 aromatic heterocycles. The molecule has 1 nitrogen and oxygen atoms in total. The second-order valence-corrected chi connectivity index (χ2v) is 3.78. The Balaban J connectivity index is 0.000000640. The van der Waals surface area contributed by atoms with Gasteiger partial charge in [0.25, 0.3) is 0 Å². The molecule has 0 heterocycles. The number of nitrogens with two attached hydrogens (primary N) is 1. The van der Waals surface area contributed by atoms with Crippen molar-refractivity contribution in [1.29, 1.82) is 0 Å². The zero-order valence-corrected chi connectivity index (χ0v) is 7.22. The first-order valence-corrected chi connectivity index (χ1v) is 3.25. The van der Waals surface area contributed by atoms with Crippen LogP contribution in [0.15, 0.2) is 0 Å². The fourth-order valence-electron chi connectivity index (χ4n) is 0.832. The third kappa shape index (κ3) is 1.59. The van der Waals surface area contributed by atoms with Crippen molar-refractivity contribution in [3.05, 3.63) is 0 Å². The molecule has 1 fully saturated rings. The van der Waals surface area contributed by atoms with E-state index in [1.165, 1.54) is 12.8 Å². The molecule has 0 saturated heterocycles. The molecule has 1 aliphatic carbocycles. The van der Waals surface area contributed by atoms with E-state index < -0.39 is 0 Å². The molecule has 1 saturated carbocycles. The summed E-state index contributed by atoms with van der Waals surface area (Å²) in [4.78, 5) is 0. The lowest BCUT2D eigenvalue weighted by Crippen LogP contribution is -2.40. The summed E-state index contributed by atoms with van der Waals surface area (Å²) < 4.78 is 0. The van der Waals surface area contributed by atoms with Crippen LogP contribution < -0.4 is 5.73 Å². The highest BCUT2D eigenvalue weighted by molar-refractivity contribution is 5.85. The van der Waals surface area contributed by atoms with Gasteiger partial charge in [0.15, 0.2) is 0 Å². The average molecular weight is 150 g/mol. The van der Waals surface area contributed by atoms with E-state index in [1.54, 1.807) is 0 Å². The Morgan fingerprint density at radius 2 is 1.67 bits per heavy atom. The van der Waals surface area contributed by atoms with Gasteiger partial charge < -0.3 is 5.73 Å². The summed E-state index contributed by atoms with van der Waals surface area (Å²) in [5.41, 5.74) is 6.39. The van der Waals surface area contributed by atoms with Gasteiger partial charge in [0, 0.05) is 5.54 Å². The molecule has 0 unspecified atom stereocenters. The van der Waals surface area contributed by atoms with Crippen LogP contribution in [-0.4, -0.2) is 5.54 Å². The molecule has 9 heavy (non-hydrogen) atoms. The Hall–Kier alpha value is 0.250. The monoisotopic (exact) mass is 149 g/mol. The topological polar surface area (TPSA) is 26.0 Å². The van der Waals surface area contributed by atoms with Gasteiger partial charge in [-0.1, -0.05) is 6.92 Å². The van der Waals surface area contributed by atoms with Gasteiger partial charge in [-0.3, -0.25) is 0 Å². The fraction of sp³-hybridized carbons (Fsp3) is 1.00. The van der Waals surface area contributed by atoms with E-state index in [9.17, 15) is 0 Å².